The average Bonchev–Trinajstić information content (AvgIpc) is 1.99. The van der Waals surface area contributed by atoms with Crippen LogP contribution in [0.5, 0.6) is 0 Å². The van der Waals surface area contributed by atoms with Gasteiger partial charge in [-0.15, -0.1) is 45.9 Å². The van der Waals surface area contributed by atoms with Gasteiger partial charge in [0.25, 0.3) is 6.46 Å². The van der Waals surface area contributed by atoms with Crippen molar-refractivity contribution in [3.05, 3.63) is 0 Å². The van der Waals surface area contributed by atoms with E-state index in [-0.39, 0.29) is 0 Å². The first kappa shape index (κ1) is 13.8. The summed E-state index contributed by atoms with van der Waals surface area (Å²) in [6.07, 6.45) is 0. The van der Waals surface area contributed by atoms with E-state index in [1.54, 1.807) is 21.3 Å². The van der Waals surface area contributed by atoms with Crippen LogP contribution < -0.4 is 0 Å². The molecule has 0 aromatic heterocycles. The van der Waals surface area contributed by atoms with Gasteiger partial charge in [-0.1, -0.05) is 0 Å². The molecule has 0 saturated carbocycles. The van der Waals surface area contributed by atoms with E-state index in [1.807, 2.05) is 0 Å². The van der Waals surface area contributed by atoms with Crippen LogP contribution in [0.25, 0.3) is 0 Å². The molecule has 0 rings (SSSR count). The van der Waals surface area contributed by atoms with E-state index in [1.165, 1.54) is 0 Å². The van der Waals surface area contributed by atoms with Crippen molar-refractivity contribution in [1.82, 2.24) is 0 Å². The molecule has 0 aromatic rings. The second-order valence-corrected chi connectivity index (χ2v) is 29.1. The molecule has 0 bridgehead atoms. The fourth-order valence-electron chi connectivity index (χ4n) is 0.712. The molecule has 0 aromatic carbocycles. The summed E-state index contributed by atoms with van der Waals surface area (Å²) in [4.78, 5) is 0. The molecule has 0 aliphatic heterocycles. The molecule has 9 heteroatoms. The minimum atomic E-state index is -2.43. The van der Waals surface area contributed by atoms with Crippen molar-refractivity contribution in [2.45, 2.75) is 0 Å². The minimum Gasteiger partial charge on any atom is -0.383 e. The minimum absolute atomic E-state index is 0.726. The lowest BCUT2D eigenvalue weighted by Gasteiger charge is -2.26. The molecule has 3 nitrogen and oxygen atoms in total. The first-order valence-corrected chi connectivity index (χ1v) is 14.0. The Kier molecular flexibility index (Phi) is 6.49. The summed E-state index contributed by atoms with van der Waals surface area (Å²) in [5, 5.41) is 0. The lowest BCUT2D eigenvalue weighted by atomic mass is 10.7. The largest absolute Gasteiger partial charge is 0.441 e. The molecule has 0 atom stereocenters. The van der Waals surface area contributed by atoms with E-state index < -0.39 is 12.5 Å². The molecule has 0 spiro atoms. The first-order chi connectivity index (χ1) is 5.39. The van der Waals surface area contributed by atoms with Crippen molar-refractivity contribution in [3.63, 3.8) is 0 Å². The topological polar surface area (TPSA) is 27.7 Å². The number of rotatable bonds is 5. The van der Waals surface area contributed by atoms with Gasteiger partial charge < -0.3 is 13.3 Å². The molecule has 0 unspecified atom stereocenters. The highest BCUT2D eigenvalue weighted by atomic mass is 80.0. The van der Waals surface area contributed by atoms with Crippen LogP contribution in [0.3, 0.4) is 0 Å². The van der Waals surface area contributed by atoms with Crippen molar-refractivity contribution in [2.75, 3.05) is 21.3 Å². The third-order valence-corrected chi connectivity index (χ3v) is 14.1. The van der Waals surface area contributed by atoms with E-state index in [2.05, 4.69) is 45.9 Å². The molecular weight excluding hydrogens is 391 g/mol. The van der Waals surface area contributed by atoms with Crippen LogP contribution in [0.1, 0.15) is 0 Å². The molecule has 0 aliphatic rings. The van der Waals surface area contributed by atoms with Gasteiger partial charge in [-0.2, -0.15) is 0 Å². The number of halogens is 3. The van der Waals surface area contributed by atoms with E-state index >= 15 is 0 Å². The van der Waals surface area contributed by atoms with Gasteiger partial charge >= 0.3 is 8.67 Å². The Morgan fingerprint density at radius 3 is 1.33 bits per heavy atom. The smallest absolute Gasteiger partial charge is 0.383 e. The van der Waals surface area contributed by atoms with Crippen LogP contribution in [0, 0.1) is 0 Å². The maximum atomic E-state index is 5.25. The van der Waals surface area contributed by atoms with Crippen molar-refractivity contribution in [2.24, 2.45) is 0 Å². The second kappa shape index (κ2) is 5.64. The second-order valence-electron chi connectivity index (χ2n) is 2.09. The Labute approximate surface area is 98.8 Å². The van der Waals surface area contributed by atoms with Crippen LogP contribution in [-0.4, -0.2) is 40.3 Å². The standard InChI is InChI=1S/C3H10BBr3O3Si2/c1-8-12(9-2,10-3)4-11(5,6)7/h4H,1-3H3. The van der Waals surface area contributed by atoms with Crippen LogP contribution >= 0.6 is 45.9 Å². The third kappa shape index (κ3) is 4.89. The monoisotopic (exact) mass is 398 g/mol. The van der Waals surface area contributed by atoms with Crippen LogP contribution in [0.2, 0.25) is 0 Å². The molecule has 0 heterocycles. The van der Waals surface area contributed by atoms with Gasteiger partial charge in [0.2, 0.25) is 3.80 Å². The Morgan fingerprint density at radius 1 is 0.917 bits per heavy atom. The van der Waals surface area contributed by atoms with E-state index in [0.717, 1.165) is 6.46 Å². The average molecular weight is 401 g/mol. The van der Waals surface area contributed by atoms with Crippen LogP contribution in [0.15, 0.2) is 0 Å². The van der Waals surface area contributed by atoms with Gasteiger partial charge in [-0.25, -0.2) is 0 Å². The summed E-state index contributed by atoms with van der Waals surface area (Å²) in [6, 6.07) is 0. The van der Waals surface area contributed by atoms with Gasteiger partial charge in [0.05, 0.1) is 0 Å². The van der Waals surface area contributed by atoms with Crippen LogP contribution in [0.4, 0.5) is 0 Å². The van der Waals surface area contributed by atoms with E-state index in [0.29, 0.717) is 0 Å². The summed E-state index contributed by atoms with van der Waals surface area (Å²) < 4.78 is 14.0. The first-order valence-electron chi connectivity index (χ1n) is 3.11. The summed E-state index contributed by atoms with van der Waals surface area (Å²) >= 11 is 10.5. The molecule has 0 aliphatic carbocycles. The predicted octanol–water partition coefficient (Wildman–Crippen LogP) is 1.42. The zero-order chi connectivity index (χ0) is 9.83. The Bertz CT molecular complexity index is 131. The van der Waals surface area contributed by atoms with Gasteiger partial charge in [-0.3, -0.25) is 0 Å². The lowest BCUT2D eigenvalue weighted by molar-refractivity contribution is 0.149. The van der Waals surface area contributed by atoms with E-state index in [4.69, 9.17) is 13.3 Å². The fraction of sp³-hybridized carbons (Fsp3) is 1.00. The molecule has 0 amide bonds. The quantitative estimate of drug-likeness (QED) is 0.516. The molecule has 0 saturated heterocycles. The summed E-state index contributed by atoms with van der Waals surface area (Å²) in [6.45, 7) is 0.726. The fourth-order valence-corrected chi connectivity index (χ4v) is 14.2. The maximum Gasteiger partial charge on any atom is 0.441 e. The lowest BCUT2D eigenvalue weighted by Crippen LogP contribution is -2.55. The highest BCUT2D eigenvalue weighted by Crippen LogP contribution is 2.28. The predicted molar refractivity (Wildman–Crippen MR) is 66.5 cm³/mol. The van der Waals surface area contributed by atoms with Gasteiger partial charge in [0.15, 0.2) is 0 Å². The molecule has 0 radical (unpaired) electrons. The van der Waals surface area contributed by atoms with E-state index in [9.17, 15) is 0 Å². The van der Waals surface area contributed by atoms with Crippen molar-refractivity contribution >= 4 is 64.8 Å². The van der Waals surface area contributed by atoms with Crippen LogP contribution in [-0.2, 0) is 13.3 Å². The summed E-state index contributed by atoms with van der Waals surface area (Å²) in [7, 11) is 2.38. The number of hydrogen-bond acceptors (Lipinski definition) is 3. The van der Waals surface area contributed by atoms with Crippen molar-refractivity contribution in [3.8, 4) is 0 Å². The molecule has 72 valence electrons. The molecule has 0 N–H and O–H groups in total. The summed E-state index contributed by atoms with van der Waals surface area (Å²) in [5.41, 5.74) is 0. The Hall–Kier alpha value is 1.82. The zero-order valence-corrected chi connectivity index (χ0v) is 13.8. The van der Waals surface area contributed by atoms with Gasteiger partial charge in [0.1, 0.15) is 0 Å². The molecular formula is C3H10BBr3O3Si2. The zero-order valence-electron chi connectivity index (χ0n) is 7.07. The normalized spacial score (nSPS) is 13.2. The summed E-state index contributed by atoms with van der Waals surface area (Å²) in [5.74, 6) is 0. The van der Waals surface area contributed by atoms with Crippen molar-refractivity contribution in [1.29, 1.82) is 0 Å². The SMILES string of the molecule is CO[Si](B[Si](Br)(Br)Br)(OC)OC. The molecule has 12 heavy (non-hydrogen) atoms. The number of hydrogen-bond donors (Lipinski definition) is 0. The third-order valence-electron chi connectivity index (χ3n) is 1.35. The Morgan fingerprint density at radius 2 is 1.25 bits per heavy atom. The van der Waals surface area contributed by atoms with Gasteiger partial charge in [-0.05, 0) is 0 Å². The maximum absolute atomic E-state index is 5.25. The highest BCUT2D eigenvalue weighted by molar-refractivity contribution is 9.74. The van der Waals surface area contributed by atoms with Gasteiger partial charge in [0, 0.05) is 21.3 Å². The highest BCUT2D eigenvalue weighted by Gasteiger charge is 2.47. The Balaban J connectivity index is 4.30. The van der Waals surface area contributed by atoms with Crippen molar-refractivity contribution < 1.29 is 13.3 Å². The molecule has 0 fully saturated rings.